The normalized spacial score (nSPS) is 11.2. The lowest BCUT2D eigenvalue weighted by molar-refractivity contribution is 0.543. The van der Waals surface area contributed by atoms with Crippen molar-refractivity contribution in [3.05, 3.63) is 30.3 Å². The minimum atomic E-state index is 1.20. The summed E-state index contributed by atoms with van der Waals surface area (Å²) in [5, 5.41) is 0. The SMILES string of the molecule is CCCCCCCCCCCCN(CCCCCCCCCCCC)c1[c]cccc1. The molecule has 0 heterocycles. The Balaban J connectivity index is 2.10. The van der Waals surface area contributed by atoms with Crippen molar-refractivity contribution in [1.82, 2.24) is 0 Å². The molecule has 0 N–H and O–H groups in total. The summed E-state index contributed by atoms with van der Waals surface area (Å²) >= 11 is 0. The van der Waals surface area contributed by atoms with E-state index in [0.29, 0.717) is 0 Å². The second-order valence-electron chi connectivity index (χ2n) is 9.60. The molecule has 1 aromatic rings. The molecular formula is C30H54N. The average Bonchev–Trinajstić information content (AvgIpc) is 2.80. The zero-order chi connectivity index (χ0) is 22.2. The predicted molar refractivity (Wildman–Crippen MR) is 141 cm³/mol. The lowest BCUT2D eigenvalue weighted by Crippen LogP contribution is -2.25. The number of benzene rings is 1. The van der Waals surface area contributed by atoms with E-state index in [9.17, 15) is 0 Å². The molecule has 0 atom stereocenters. The van der Waals surface area contributed by atoms with Crippen LogP contribution in [0.3, 0.4) is 0 Å². The number of rotatable bonds is 23. The third kappa shape index (κ3) is 17.3. The van der Waals surface area contributed by atoms with Crippen molar-refractivity contribution in [3.63, 3.8) is 0 Å². The monoisotopic (exact) mass is 428 g/mol. The van der Waals surface area contributed by atoms with Gasteiger partial charge >= 0.3 is 0 Å². The Morgan fingerprint density at radius 2 is 0.903 bits per heavy atom. The molecule has 1 rings (SSSR count). The van der Waals surface area contributed by atoms with Crippen molar-refractivity contribution < 1.29 is 0 Å². The molecule has 0 fully saturated rings. The molecule has 0 saturated carbocycles. The van der Waals surface area contributed by atoms with Gasteiger partial charge in [0.05, 0.1) is 0 Å². The highest BCUT2D eigenvalue weighted by Gasteiger charge is 2.06. The number of para-hydroxylation sites is 1. The van der Waals surface area contributed by atoms with Crippen LogP contribution in [0.4, 0.5) is 5.69 Å². The summed E-state index contributed by atoms with van der Waals surface area (Å²) in [6.45, 7) is 7.00. The number of anilines is 1. The third-order valence-electron chi connectivity index (χ3n) is 6.60. The zero-order valence-corrected chi connectivity index (χ0v) is 21.3. The van der Waals surface area contributed by atoms with Crippen LogP contribution in [0.25, 0.3) is 0 Å². The standard InChI is InChI=1S/C30H54N/c1-3-5-7-9-11-13-15-17-19-24-28-31(30-26-22-21-23-27-30)29-25-20-18-16-14-12-10-8-6-4-2/h21-23,26H,3-20,24-25,28-29H2,1-2H3. The zero-order valence-electron chi connectivity index (χ0n) is 21.3. The van der Waals surface area contributed by atoms with Crippen LogP contribution in [0.5, 0.6) is 0 Å². The van der Waals surface area contributed by atoms with Gasteiger partial charge in [0.15, 0.2) is 0 Å². The Kier molecular flexibility index (Phi) is 20.1. The number of nitrogens with zero attached hydrogens (tertiary/aromatic N) is 1. The summed E-state index contributed by atoms with van der Waals surface area (Å²) in [6, 6.07) is 12.0. The minimum Gasteiger partial charge on any atom is -0.371 e. The molecule has 1 radical (unpaired) electrons. The first-order chi connectivity index (χ1) is 15.4. The van der Waals surface area contributed by atoms with Crippen molar-refractivity contribution in [3.8, 4) is 0 Å². The van der Waals surface area contributed by atoms with Gasteiger partial charge in [-0.25, -0.2) is 0 Å². The molecule has 179 valence electrons. The van der Waals surface area contributed by atoms with E-state index in [1.165, 1.54) is 147 Å². The van der Waals surface area contributed by atoms with E-state index in [-0.39, 0.29) is 0 Å². The van der Waals surface area contributed by atoms with Gasteiger partial charge < -0.3 is 4.90 Å². The second kappa shape index (κ2) is 22.2. The van der Waals surface area contributed by atoms with Crippen LogP contribution >= 0.6 is 0 Å². The van der Waals surface area contributed by atoms with Crippen molar-refractivity contribution in [2.24, 2.45) is 0 Å². The largest absolute Gasteiger partial charge is 0.371 e. The van der Waals surface area contributed by atoms with E-state index < -0.39 is 0 Å². The first kappa shape index (κ1) is 28.1. The summed E-state index contributed by atoms with van der Waals surface area (Å²) in [7, 11) is 0. The van der Waals surface area contributed by atoms with E-state index in [1.807, 2.05) is 0 Å². The fourth-order valence-corrected chi connectivity index (χ4v) is 4.51. The molecule has 0 aromatic heterocycles. The van der Waals surface area contributed by atoms with Crippen LogP contribution in [0.1, 0.15) is 142 Å². The summed E-state index contributed by atoms with van der Waals surface area (Å²) < 4.78 is 0. The fraction of sp³-hybridized carbons (Fsp3) is 0.800. The fourth-order valence-electron chi connectivity index (χ4n) is 4.51. The van der Waals surface area contributed by atoms with E-state index in [0.717, 1.165) is 0 Å². The maximum Gasteiger partial charge on any atom is 0.0446 e. The first-order valence-electron chi connectivity index (χ1n) is 14.1. The van der Waals surface area contributed by atoms with Crippen LogP contribution in [-0.4, -0.2) is 13.1 Å². The molecule has 0 amide bonds. The highest BCUT2D eigenvalue weighted by atomic mass is 15.1. The maximum atomic E-state index is 3.47. The van der Waals surface area contributed by atoms with Crippen molar-refractivity contribution in [1.29, 1.82) is 0 Å². The Bertz CT molecular complexity index is 431. The van der Waals surface area contributed by atoms with Gasteiger partial charge in [0.2, 0.25) is 0 Å². The number of hydrogen-bond donors (Lipinski definition) is 0. The third-order valence-corrected chi connectivity index (χ3v) is 6.60. The lowest BCUT2D eigenvalue weighted by atomic mass is 10.1. The van der Waals surface area contributed by atoms with Crippen LogP contribution in [-0.2, 0) is 0 Å². The molecule has 0 unspecified atom stereocenters. The highest BCUT2D eigenvalue weighted by Crippen LogP contribution is 2.17. The maximum absolute atomic E-state index is 3.47. The Hall–Kier alpha value is -0.980. The Morgan fingerprint density at radius 1 is 0.516 bits per heavy atom. The average molecular weight is 429 g/mol. The smallest absolute Gasteiger partial charge is 0.0446 e. The van der Waals surface area contributed by atoms with Gasteiger partial charge in [0.25, 0.3) is 0 Å². The van der Waals surface area contributed by atoms with Gasteiger partial charge in [-0.2, -0.15) is 0 Å². The summed E-state index contributed by atoms with van der Waals surface area (Å²) in [5.74, 6) is 0. The molecule has 1 aromatic carbocycles. The van der Waals surface area contributed by atoms with Crippen LogP contribution in [0.15, 0.2) is 24.3 Å². The molecule has 1 heteroatoms. The number of unbranched alkanes of at least 4 members (excludes halogenated alkanes) is 18. The van der Waals surface area contributed by atoms with Gasteiger partial charge in [0.1, 0.15) is 0 Å². The van der Waals surface area contributed by atoms with Crippen LogP contribution in [0, 0.1) is 6.07 Å². The van der Waals surface area contributed by atoms with Gasteiger partial charge in [-0.05, 0) is 18.9 Å². The van der Waals surface area contributed by atoms with E-state index in [1.54, 1.807) is 0 Å². The summed E-state index contributed by atoms with van der Waals surface area (Å²) in [5.41, 5.74) is 1.30. The second-order valence-corrected chi connectivity index (χ2v) is 9.60. The first-order valence-corrected chi connectivity index (χ1v) is 14.1. The van der Waals surface area contributed by atoms with Gasteiger partial charge in [-0.15, -0.1) is 0 Å². The van der Waals surface area contributed by atoms with E-state index in [2.05, 4.69) is 49.1 Å². The Morgan fingerprint density at radius 3 is 1.26 bits per heavy atom. The molecule has 0 bridgehead atoms. The van der Waals surface area contributed by atoms with Crippen molar-refractivity contribution >= 4 is 5.69 Å². The van der Waals surface area contributed by atoms with Gasteiger partial charge in [0, 0.05) is 24.8 Å². The molecule has 31 heavy (non-hydrogen) atoms. The minimum absolute atomic E-state index is 1.20. The predicted octanol–water partition coefficient (Wildman–Crippen LogP) is 10.1. The molecule has 1 nitrogen and oxygen atoms in total. The highest BCUT2D eigenvalue weighted by molar-refractivity contribution is 5.44. The number of hydrogen-bond acceptors (Lipinski definition) is 1. The molecule has 0 saturated heterocycles. The molecule has 0 aliphatic heterocycles. The topological polar surface area (TPSA) is 3.24 Å². The molecule has 0 aliphatic carbocycles. The lowest BCUT2D eigenvalue weighted by Gasteiger charge is -2.24. The van der Waals surface area contributed by atoms with Crippen molar-refractivity contribution in [2.45, 2.75) is 142 Å². The van der Waals surface area contributed by atoms with Crippen LogP contribution in [0.2, 0.25) is 0 Å². The summed E-state index contributed by atoms with van der Waals surface area (Å²) in [6.07, 6.45) is 28.2. The summed E-state index contributed by atoms with van der Waals surface area (Å²) in [4.78, 5) is 2.59. The van der Waals surface area contributed by atoms with E-state index in [4.69, 9.17) is 0 Å². The molecular weight excluding hydrogens is 374 g/mol. The molecule has 0 aliphatic rings. The van der Waals surface area contributed by atoms with Crippen molar-refractivity contribution in [2.75, 3.05) is 18.0 Å². The van der Waals surface area contributed by atoms with Gasteiger partial charge in [-0.3, -0.25) is 0 Å². The molecule has 0 spiro atoms. The Labute approximate surface area is 196 Å². The van der Waals surface area contributed by atoms with E-state index >= 15 is 0 Å². The van der Waals surface area contributed by atoms with Gasteiger partial charge in [-0.1, -0.05) is 148 Å². The quantitative estimate of drug-likeness (QED) is 0.157. The van der Waals surface area contributed by atoms with Crippen LogP contribution < -0.4 is 4.90 Å².